The second-order valence-electron chi connectivity index (χ2n) is 8.87. The van der Waals surface area contributed by atoms with Crippen LogP contribution in [0.1, 0.15) is 37.7 Å². The second kappa shape index (κ2) is 8.71. The van der Waals surface area contributed by atoms with Crippen LogP contribution >= 0.6 is 0 Å². The summed E-state index contributed by atoms with van der Waals surface area (Å²) >= 11 is 0. The van der Waals surface area contributed by atoms with Crippen LogP contribution in [0.15, 0.2) is 24.3 Å². The van der Waals surface area contributed by atoms with Crippen LogP contribution < -0.4 is 20.9 Å². The SMILES string of the molecule is CN(C)c1ccc(CNC2CC3C(=O)NCC(CCC(=O)NC4CC4)N3C2)cc1. The van der Waals surface area contributed by atoms with Crippen LogP contribution in [0.2, 0.25) is 0 Å². The first kappa shape index (κ1) is 20.2. The molecule has 4 rings (SSSR count). The van der Waals surface area contributed by atoms with E-state index in [1.165, 1.54) is 11.3 Å². The minimum Gasteiger partial charge on any atom is -0.378 e. The molecule has 2 amide bonds. The van der Waals surface area contributed by atoms with Crippen molar-refractivity contribution in [3.8, 4) is 0 Å². The van der Waals surface area contributed by atoms with E-state index >= 15 is 0 Å². The molecule has 3 atom stereocenters. The number of nitrogens with zero attached hydrogens (tertiary/aromatic N) is 2. The molecule has 0 aromatic heterocycles. The van der Waals surface area contributed by atoms with Crippen molar-refractivity contribution in [2.45, 2.75) is 62.8 Å². The number of piperazine rings is 1. The molecule has 158 valence electrons. The van der Waals surface area contributed by atoms with Crippen LogP contribution in [0, 0.1) is 0 Å². The molecule has 3 aliphatic rings. The van der Waals surface area contributed by atoms with Crippen molar-refractivity contribution >= 4 is 17.5 Å². The lowest BCUT2D eigenvalue weighted by atomic mass is 10.0. The van der Waals surface area contributed by atoms with Gasteiger partial charge in [0.15, 0.2) is 0 Å². The zero-order valence-electron chi connectivity index (χ0n) is 17.5. The normalized spacial score (nSPS) is 26.7. The van der Waals surface area contributed by atoms with Gasteiger partial charge >= 0.3 is 0 Å². The molecule has 2 aliphatic heterocycles. The molecule has 3 fully saturated rings. The lowest BCUT2D eigenvalue weighted by molar-refractivity contribution is -0.129. The molecule has 7 nitrogen and oxygen atoms in total. The van der Waals surface area contributed by atoms with E-state index in [2.05, 4.69) is 50.0 Å². The smallest absolute Gasteiger partial charge is 0.237 e. The van der Waals surface area contributed by atoms with E-state index in [-0.39, 0.29) is 23.9 Å². The Hall–Kier alpha value is -2.12. The Kier molecular flexibility index (Phi) is 6.06. The second-order valence-corrected chi connectivity index (χ2v) is 8.87. The molecule has 0 spiro atoms. The van der Waals surface area contributed by atoms with Gasteiger partial charge in [-0.25, -0.2) is 0 Å². The lowest BCUT2D eigenvalue weighted by Gasteiger charge is -2.37. The van der Waals surface area contributed by atoms with Gasteiger partial charge in [-0.3, -0.25) is 14.5 Å². The van der Waals surface area contributed by atoms with Gasteiger partial charge in [0, 0.05) is 64.0 Å². The molecule has 3 unspecified atom stereocenters. The number of amides is 2. The molecule has 3 N–H and O–H groups in total. The number of carbonyl (C=O) groups is 2. The highest BCUT2D eigenvalue weighted by atomic mass is 16.2. The van der Waals surface area contributed by atoms with Gasteiger partial charge in [0.05, 0.1) is 6.04 Å². The van der Waals surface area contributed by atoms with Gasteiger partial charge in [0.1, 0.15) is 0 Å². The summed E-state index contributed by atoms with van der Waals surface area (Å²) in [6.07, 6.45) is 4.40. The Morgan fingerprint density at radius 1 is 1.21 bits per heavy atom. The van der Waals surface area contributed by atoms with Crippen molar-refractivity contribution < 1.29 is 9.59 Å². The fourth-order valence-corrected chi connectivity index (χ4v) is 4.39. The third kappa shape index (κ3) is 5.08. The highest BCUT2D eigenvalue weighted by Crippen LogP contribution is 2.26. The summed E-state index contributed by atoms with van der Waals surface area (Å²) in [5, 5.41) is 9.74. The van der Waals surface area contributed by atoms with E-state index in [1.807, 2.05) is 14.1 Å². The molecule has 1 aromatic rings. The predicted octanol–water partition coefficient (Wildman–Crippen LogP) is 0.842. The minimum absolute atomic E-state index is 0.0751. The molecular formula is C22H33N5O2. The number of carbonyl (C=O) groups excluding carboxylic acids is 2. The van der Waals surface area contributed by atoms with E-state index in [4.69, 9.17) is 0 Å². The van der Waals surface area contributed by atoms with Crippen molar-refractivity contribution in [1.29, 1.82) is 0 Å². The van der Waals surface area contributed by atoms with Crippen LogP contribution in [-0.4, -0.2) is 68.1 Å². The zero-order valence-corrected chi connectivity index (χ0v) is 17.5. The molecule has 1 aliphatic carbocycles. The number of anilines is 1. The van der Waals surface area contributed by atoms with Crippen molar-refractivity contribution in [3.05, 3.63) is 29.8 Å². The first-order valence-electron chi connectivity index (χ1n) is 10.8. The summed E-state index contributed by atoms with van der Waals surface area (Å²) in [5.41, 5.74) is 2.44. The van der Waals surface area contributed by atoms with Crippen molar-refractivity contribution in [1.82, 2.24) is 20.9 Å². The fraction of sp³-hybridized carbons (Fsp3) is 0.636. The maximum atomic E-state index is 12.4. The van der Waals surface area contributed by atoms with Gasteiger partial charge in [0.2, 0.25) is 11.8 Å². The summed E-state index contributed by atoms with van der Waals surface area (Å²) in [7, 11) is 4.08. The van der Waals surface area contributed by atoms with Crippen LogP contribution in [0.4, 0.5) is 5.69 Å². The quantitative estimate of drug-likeness (QED) is 0.604. The van der Waals surface area contributed by atoms with Gasteiger partial charge in [-0.05, 0) is 43.4 Å². The molecule has 29 heavy (non-hydrogen) atoms. The summed E-state index contributed by atoms with van der Waals surface area (Å²) in [5.74, 6) is 0.277. The van der Waals surface area contributed by atoms with Gasteiger partial charge < -0.3 is 20.9 Å². The highest BCUT2D eigenvalue weighted by Gasteiger charge is 2.43. The number of rotatable bonds is 8. The van der Waals surface area contributed by atoms with Gasteiger partial charge in [-0.2, -0.15) is 0 Å². The van der Waals surface area contributed by atoms with Crippen LogP contribution in [0.3, 0.4) is 0 Å². The summed E-state index contributed by atoms with van der Waals surface area (Å²) in [4.78, 5) is 28.8. The molecule has 1 aromatic carbocycles. The minimum atomic E-state index is -0.0751. The Balaban J connectivity index is 1.28. The van der Waals surface area contributed by atoms with Crippen molar-refractivity contribution in [2.24, 2.45) is 0 Å². The van der Waals surface area contributed by atoms with Crippen LogP contribution in [0.25, 0.3) is 0 Å². The Bertz CT molecular complexity index is 731. The Labute approximate surface area is 173 Å². The third-order valence-electron chi connectivity index (χ3n) is 6.32. The maximum Gasteiger partial charge on any atom is 0.237 e. The summed E-state index contributed by atoms with van der Waals surface area (Å²) in [6.45, 7) is 2.31. The lowest BCUT2D eigenvalue weighted by Crippen LogP contribution is -2.58. The highest BCUT2D eigenvalue weighted by molar-refractivity contribution is 5.83. The Morgan fingerprint density at radius 3 is 2.66 bits per heavy atom. The maximum absolute atomic E-state index is 12.4. The topological polar surface area (TPSA) is 76.7 Å². The first-order chi connectivity index (χ1) is 14.0. The van der Waals surface area contributed by atoms with E-state index in [0.29, 0.717) is 25.0 Å². The average Bonchev–Trinajstić information content (AvgIpc) is 3.41. The van der Waals surface area contributed by atoms with Crippen molar-refractivity contribution in [2.75, 3.05) is 32.1 Å². The van der Waals surface area contributed by atoms with Gasteiger partial charge in [-0.1, -0.05) is 12.1 Å². The van der Waals surface area contributed by atoms with E-state index in [1.54, 1.807) is 0 Å². The standard InChI is InChI=1S/C22H33N5O2/c1-26(2)18-7-3-15(4-8-18)12-23-17-11-20-22(29)24-13-19(27(20)14-17)9-10-21(28)25-16-5-6-16/h3-4,7-8,16-17,19-20,23H,5-6,9-14H2,1-2H3,(H,24,29)(H,25,28). The predicted molar refractivity (Wildman–Crippen MR) is 114 cm³/mol. The van der Waals surface area contributed by atoms with Crippen LogP contribution in [0.5, 0.6) is 0 Å². The number of hydrogen-bond donors (Lipinski definition) is 3. The largest absolute Gasteiger partial charge is 0.378 e. The zero-order chi connectivity index (χ0) is 20.4. The summed E-state index contributed by atoms with van der Waals surface area (Å²) in [6, 6.07) is 9.43. The first-order valence-corrected chi connectivity index (χ1v) is 10.8. The number of hydrogen-bond acceptors (Lipinski definition) is 5. The molecule has 0 radical (unpaired) electrons. The number of nitrogens with one attached hydrogen (secondary N) is 3. The van der Waals surface area contributed by atoms with Gasteiger partial charge in [0.25, 0.3) is 0 Å². The van der Waals surface area contributed by atoms with Gasteiger partial charge in [-0.15, -0.1) is 0 Å². The van der Waals surface area contributed by atoms with Crippen molar-refractivity contribution in [3.63, 3.8) is 0 Å². The summed E-state index contributed by atoms with van der Waals surface area (Å²) < 4.78 is 0. The molecular weight excluding hydrogens is 366 g/mol. The molecule has 2 saturated heterocycles. The molecule has 2 heterocycles. The number of benzene rings is 1. The monoisotopic (exact) mass is 399 g/mol. The molecule has 1 saturated carbocycles. The average molecular weight is 400 g/mol. The Morgan fingerprint density at radius 2 is 1.97 bits per heavy atom. The molecule has 7 heteroatoms. The van der Waals surface area contributed by atoms with E-state index < -0.39 is 0 Å². The van der Waals surface area contributed by atoms with Crippen LogP contribution in [-0.2, 0) is 16.1 Å². The number of fused-ring (bicyclic) bond motifs is 1. The molecule has 0 bridgehead atoms. The fourth-order valence-electron chi connectivity index (χ4n) is 4.39. The van der Waals surface area contributed by atoms with E-state index in [0.717, 1.165) is 38.8 Å². The third-order valence-corrected chi connectivity index (χ3v) is 6.32. The van der Waals surface area contributed by atoms with E-state index in [9.17, 15) is 9.59 Å².